The first-order chi connectivity index (χ1) is 5.86. The smallest absolute Gasteiger partial charge is 0.390 e. The molecule has 0 N–H and O–H groups in total. The van der Waals surface area contributed by atoms with Gasteiger partial charge in [0.15, 0.2) is 0 Å². The van der Waals surface area contributed by atoms with Crippen LogP contribution in [0.25, 0.3) is 11.7 Å². The molecule has 0 bridgehead atoms. The van der Waals surface area contributed by atoms with Crippen LogP contribution in [0.4, 0.5) is 0 Å². The van der Waals surface area contributed by atoms with Crippen molar-refractivity contribution in [2.75, 3.05) is 0 Å². The Morgan fingerprint density at radius 2 is 2.08 bits per heavy atom. The van der Waals surface area contributed by atoms with E-state index in [0.29, 0.717) is 5.82 Å². The second-order valence-electron chi connectivity index (χ2n) is 1.91. The summed E-state index contributed by atoms with van der Waals surface area (Å²) in [6, 6.07) is 1.67. The summed E-state index contributed by atoms with van der Waals surface area (Å²) >= 11 is 0.747. The van der Waals surface area contributed by atoms with Crippen LogP contribution in [0.5, 0.6) is 0 Å². The number of nitrogens with zero attached hydrogens (tertiary/aromatic N) is 3. The van der Waals surface area contributed by atoms with Gasteiger partial charge in [0.1, 0.15) is 0 Å². The molecule has 0 saturated carbocycles. The Bertz CT molecular complexity index is 422. The Morgan fingerprint density at radius 3 is 2.67 bits per heavy atom. The maximum absolute atomic E-state index is 10.6. The highest BCUT2D eigenvalue weighted by Crippen LogP contribution is 2.07. The molecular weight excluding hydrogens is 178 g/mol. The summed E-state index contributed by atoms with van der Waals surface area (Å²) in [6.45, 7) is 0. The minimum atomic E-state index is -0.447. The third-order valence-corrected chi connectivity index (χ3v) is 1.63. The molecule has 6 heteroatoms. The maximum Gasteiger partial charge on any atom is 0.414 e. The fourth-order valence-corrected chi connectivity index (χ4v) is 1.08. The predicted molar refractivity (Wildman–Crippen MR) is 41.7 cm³/mol. The Morgan fingerprint density at radius 1 is 1.33 bits per heavy atom. The molecule has 0 spiro atoms. The summed E-state index contributed by atoms with van der Waals surface area (Å²) < 4.78 is 8.42. The van der Waals surface area contributed by atoms with E-state index in [1.54, 1.807) is 18.5 Å². The van der Waals surface area contributed by atoms with Crippen LogP contribution in [0.1, 0.15) is 0 Å². The molecule has 5 nitrogen and oxygen atoms in total. The first-order valence-corrected chi connectivity index (χ1v) is 3.88. The summed E-state index contributed by atoms with van der Waals surface area (Å²) in [4.78, 5) is 17.9. The van der Waals surface area contributed by atoms with Crippen molar-refractivity contribution < 1.29 is 4.42 Å². The average Bonchev–Trinajstić information content (AvgIpc) is 2.54. The van der Waals surface area contributed by atoms with E-state index in [4.69, 9.17) is 4.42 Å². The zero-order valence-corrected chi connectivity index (χ0v) is 6.61. The van der Waals surface area contributed by atoms with Crippen LogP contribution >= 0.6 is 11.5 Å². The van der Waals surface area contributed by atoms with E-state index in [0.717, 1.165) is 11.5 Å². The second kappa shape index (κ2) is 2.82. The Balaban J connectivity index is 2.51. The summed E-state index contributed by atoms with van der Waals surface area (Å²) in [5, 5.41) is 0. The van der Waals surface area contributed by atoms with Crippen LogP contribution in [0.3, 0.4) is 0 Å². The number of hydrogen-bond acceptors (Lipinski definition) is 6. The molecule has 2 aromatic rings. The van der Waals surface area contributed by atoms with Crippen molar-refractivity contribution >= 4 is 11.5 Å². The molecule has 60 valence electrons. The van der Waals surface area contributed by atoms with Crippen LogP contribution in [0, 0.1) is 0 Å². The van der Waals surface area contributed by atoms with Crippen molar-refractivity contribution in [2.24, 2.45) is 0 Å². The van der Waals surface area contributed by atoms with Gasteiger partial charge in [-0.3, -0.25) is 0 Å². The van der Waals surface area contributed by atoms with E-state index in [1.165, 1.54) is 0 Å². The number of rotatable bonds is 1. The highest BCUT2D eigenvalue weighted by atomic mass is 32.1. The summed E-state index contributed by atoms with van der Waals surface area (Å²) in [5.74, 6) is 0.501. The molecule has 0 fully saturated rings. The molecule has 0 radical (unpaired) electrons. The van der Waals surface area contributed by atoms with Crippen molar-refractivity contribution in [2.45, 2.75) is 0 Å². The molecule has 2 rings (SSSR count). The topological polar surface area (TPSA) is 68.9 Å². The van der Waals surface area contributed by atoms with Gasteiger partial charge >= 0.3 is 4.94 Å². The lowest BCUT2D eigenvalue weighted by molar-refractivity contribution is 0.538. The fraction of sp³-hybridized carbons (Fsp3) is 0. The van der Waals surface area contributed by atoms with Gasteiger partial charge in [-0.05, 0) is 6.07 Å². The Labute approximate surface area is 70.9 Å². The molecule has 0 aliphatic rings. The standard InChI is InChI=1S/C6H3N3O2S/c10-6-11-5(9-12-6)4-7-2-1-3-8-4/h1-3H. The van der Waals surface area contributed by atoms with Crippen molar-refractivity contribution in [3.05, 3.63) is 28.2 Å². The lowest BCUT2D eigenvalue weighted by Crippen LogP contribution is -1.87. The van der Waals surface area contributed by atoms with Gasteiger partial charge in [-0.2, -0.15) is 0 Å². The Hall–Kier alpha value is -1.56. The Kier molecular flexibility index (Phi) is 1.67. The van der Waals surface area contributed by atoms with Crippen molar-refractivity contribution in [3.63, 3.8) is 0 Å². The first kappa shape index (κ1) is 7.11. The number of hydrogen-bond donors (Lipinski definition) is 0. The molecule has 0 unspecified atom stereocenters. The fourth-order valence-electron chi connectivity index (χ4n) is 0.691. The van der Waals surface area contributed by atoms with E-state index in [2.05, 4.69) is 14.3 Å². The van der Waals surface area contributed by atoms with Gasteiger partial charge in [0.2, 0.25) is 5.82 Å². The second-order valence-corrected chi connectivity index (χ2v) is 2.61. The van der Waals surface area contributed by atoms with Gasteiger partial charge in [0.05, 0.1) is 11.5 Å². The van der Waals surface area contributed by atoms with E-state index >= 15 is 0 Å². The summed E-state index contributed by atoms with van der Waals surface area (Å²) in [6.07, 6.45) is 3.11. The predicted octanol–water partition coefficient (Wildman–Crippen LogP) is 0.553. The third kappa shape index (κ3) is 1.24. The molecule has 0 atom stereocenters. The normalized spacial score (nSPS) is 10.0. The van der Waals surface area contributed by atoms with Gasteiger partial charge in [-0.25, -0.2) is 14.8 Å². The zero-order valence-electron chi connectivity index (χ0n) is 5.80. The average molecular weight is 181 g/mol. The molecule has 0 aromatic carbocycles. The summed E-state index contributed by atoms with van der Waals surface area (Å²) in [5.41, 5.74) is 0. The number of aromatic nitrogens is 3. The summed E-state index contributed by atoms with van der Waals surface area (Å²) in [7, 11) is 0. The van der Waals surface area contributed by atoms with E-state index in [-0.39, 0.29) is 5.89 Å². The highest BCUT2D eigenvalue weighted by molar-refractivity contribution is 7.02. The van der Waals surface area contributed by atoms with E-state index < -0.39 is 4.94 Å². The lowest BCUT2D eigenvalue weighted by Gasteiger charge is -1.87. The third-order valence-electron chi connectivity index (χ3n) is 1.14. The zero-order chi connectivity index (χ0) is 8.39. The van der Waals surface area contributed by atoms with Crippen LogP contribution in [0.15, 0.2) is 27.7 Å². The van der Waals surface area contributed by atoms with E-state index in [9.17, 15) is 4.79 Å². The van der Waals surface area contributed by atoms with Gasteiger partial charge in [0, 0.05) is 12.4 Å². The van der Waals surface area contributed by atoms with Gasteiger partial charge in [0.25, 0.3) is 5.89 Å². The van der Waals surface area contributed by atoms with Gasteiger partial charge in [-0.15, -0.1) is 4.37 Å². The molecule has 0 amide bonds. The van der Waals surface area contributed by atoms with Gasteiger partial charge < -0.3 is 4.42 Å². The SMILES string of the molecule is O=c1oc(-c2ncccn2)ns1. The monoisotopic (exact) mass is 181 g/mol. The highest BCUT2D eigenvalue weighted by Gasteiger charge is 2.06. The van der Waals surface area contributed by atoms with Crippen LogP contribution in [0.2, 0.25) is 0 Å². The molecule has 0 saturated heterocycles. The van der Waals surface area contributed by atoms with Crippen molar-refractivity contribution in [3.8, 4) is 11.7 Å². The molecular formula is C6H3N3O2S. The van der Waals surface area contributed by atoms with Crippen molar-refractivity contribution in [1.29, 1.82) is 0 Å². The van der Waals surface area contributed by atoms with Crippen molar-refractivity contribution in [1.82, 2.24) is 14.3 Å². The largest absolute Gasteiger partial charge is 0.414 e. The van der Waals surface area contributed by atoms with Crippen LogP contribution < -0.4 is 4.94 Å². The molecule has 12 heavy (non-hydrogen) atoms. The molecule has 2 aromatic heterocycles. The molecule has 2 heterocycles. The quantitative estimate of drug-likeness (QED) is 0.642. The lowest BCUT2D eigenvalue weighted by atomic mass is 10.5. The van der Waals surface area contributed by atoms with Crippen LogP contribution in [-0.4, -0.2) is 14.3 Å². The van der Waals surface area contributed by atoms with Gasteiger partial charge in [-0.1, -0.05) is 0 Å². The first-order valence-electron chi connectivity index (χ1n) is 3.10. The molecule has 0 aliphatic heterocycles. The molecule has 0 aliphatic carbocycles. The van der Waals surface area contributed by atoms with E-state index in [1.807, 2.05) is 0 Å². The minimum absolute atomic E-state index is 0.172. The minimum Gasteiger partial charge on any atom is -0.390 e. The maximum atomic E-state index is 10.6. The van der Waals surface area contributed by atoms with Crippen LogP contribution in [-0.2, 0) is 0 Å².